The third-order valence-corrected chi connectivity index (χ3v) is 3.34. The van der Waals surface area contributed by atoms with Crippen molar-refractivity contribution in [3.05, 3.63) is 0 Å². The summed E-state index contributed by atoms with van der Waals surface area (Å²) < 4.78 is 25.1. The summed E-state index contributed by atoms with van der Waals surface area (Å²) in [7, 11) is 0. The summed E-state index contributed by atoms with van der Waals surface area (Å²) in [5.74, 6) is -7.35. The Hall–Kier alpha value is -2.77. The van der Waals surface area contributed by atoms with Crippen LogP contribution in [0.2, 0.25) is 0 Å². The molecule has 0 radical (unpaired) electrons. The molecule has 0 spiro atoms. The average Bonchev–Trinajstić information content (AvgIpc) is 2.56. The third kappa shape index (κ3) is 6.96. The minimum Gasteiger partial charge on any atom is -0.463 e. The molecule has 164 valence electrons. The van der Waals surface area contributed by atoms with Crippen LogP contribution < -0.4 is 0 Å². The fourth-order valence-corrected chi connectivity index (χ4v) is 2.37. The fraction of sp³-hybridized carbons (Fsp3) is 0.688. The van der Waals surface area contributed by atoms with Gasteiger partial charge >= 0.3 is 29.8 Å². The molecule has 0 aromatic rings. The Morgan fingerprint density at radius 1 is 0.828 bits per heavy atom. The second kappa shape index (κ2) is 10.1. The Morgan fingerprint density at radius 3 is 1.83 bits per heavy atom. The van der Waals surface area contributed by atoms with Gasteiger partial charge in [0.15, 0.2) is 6.10 Å². The standard InChI is InChI=1S/C16H22O13/c1-7(17)23-6-12-16(22,29-28-11(5)21)14(25-9(3)19)13(24-8(2)18)15(27-12)26-10(4)20/h12-15,22H,6H2,1-5H3/t12-,13-,14-,15-,16-/m1/s1. The molecule has 13 heteroatoms. The van der Waals surface area contributed by atoms with E-state index in [0.29, 0.717) is 0 Å². The number of carbonyl (C=O) groups excluding carboxylic acids is 5. The molecule has 13 nitrogen and oxygen atoms in total. The fourth-order valence-electron chi connectivity index (χ4n) is 2.37. The highest BCUT2D eigenvalue weighted by molar-refractivity contribution is 5.68. The lowest BCUT2D eigenvalue weighted by atomic mass is 9.94. The minimum atomic E-state index is -2.82. The van der Waals surface area contributed by atoms with Crippen molar-refractivity contribution in [2.24, 2.45) is 0 Å². The van der Waals surface area contributed by atoms with E-state index in [9.17, 15) is 29.1 Å². The minimum absolute atomic E-state index is 0.699. The topological polar surface area (TPSA) is 170 Å². The Labute approximate surface area is 165 Å². The van der Waals surface area contributed by atoms with Crippen molar-refractivity contribution in [1.29, 1.82) is 0 Å². The number of esters is 4. The van der Waals surface area contributed by atoms with Crippen molar-refractivity contribution in [2.45, 2.75) is 65.0 Å². The SMILES string of the molecule is CC(=O)OC[C@H]1O[C@@H](OC(C)=O)[C@H](OC(C)=O)[C@@H](OC(C)=O)[C@]1(O)OOC(C)=O. The van der Waals surface area contributed by atoms with Crippen molar-refractivity contribution in [2.75, 3.05) is 6.61 Å². The zero-order valence-electron chi connectivity index (χ0n) is 16.4. The number of hydrogen-bond acceptors (Lipinski definition) is 13. The second-order valence-electron chi connectivity index (χ2n) is 5.92. The van der Waals surface area contributed by atoms with Gasteiger partial charge in [-0.25, -0.2) is 4.79 Å². The first-order valence-corrected chi connectivity index (χ1v) is 8.26. The molecule has 0 amide bonds. The molecule has 0 unspecified atom stereocenters. The van der Waals surface area contributed by atoms with Gasteiger partial charge in [-0.1, -0.05) is 0 Å². The van der Waals surface area contributed by atoms with Crippen molar-refractivity contribution in [3.63, 3.8) is 0 Å². The van der Waals surface area contributed by atoms with Crippen LogP contribution in [0.5, 0.6) is 0 Å². The van der Waals surface area contributed by atoms with Crippen LogP contribution in [0.1, 0.15) is 34.6 Å². The number of hydrogen-bond donors (Lipinski definition) is 1. The molecule has 0 bridgehead atoms. The van der Waals surface area contributed by atoms with E-state index >= 15 is 0 Å². The predicted molar refractivity (Wildman–Crippen MR) is 86.0 cm³/mol. The number of aliphatic hydroxyl groups is 1. The van der Waals surface area contributed by atoms with E-state index in [1.165, 1.54) is 0 Å². The van der Waals surface area contributed by atoms with Gasteiger partial charge in [0.2, 0.25) is 18.5 Å². The van der Waals surface area contributed by atoms with Crippen LogP contribution in [0, 0.1) is 0 Å². The van der Waals surface area contributed by atoms with Crippen molar-refractivity contribution in [3.8, 4) is 0 Å². The monoisotopic (exact) mass is 422 g/mol. The highest BCUT2D eigenvalue weighted by Crippen LogP contribution is 2.36. The molecule has 5 atom stereocenters. The summed E-state index contributed by atoms with van der Waals surface area (Å²) >= 11 is 0. The lowest BCUT2D eigenvalue weighted by Crippen LogP contribution is -2.70. The van der Waals surface area contributed by atoms with E-state index in [-0.39, 0.29) is 0 Å². The maximum absolute atomic E-state index is 11.6. The molecular formula is C16H22O13. The van der Waals surface area contributed by atoms with Crippen LogP contribution in [-0.4, -0.2) is 71.9 Å². The van der Waals surface area contributed by atoms with Gasteiger partial charge in [0.1, 0.15) is 6.61 Å². The van der Waals surface area contributed by atoms with E-state index < -0.39 is 66.8 Å². The molecule has 29 heavy (non-hydrogen) atoms. The molecule has 0 aromatic heterocycles. The van der Waals surface area contributed by atoms with Crippen LogP contribution in [0.25, 0.3) is 0 Å². The zero-order valence-corrected chi connectivity index (χ0v) is 16.4. The van der Waals surface area contributed by atoms with Gasteiger partial charge in [-0.3, -0.25) is 24.1 Å². The van der Waals surface area contributed by atoms with E-state index in [1.54, 1.807) is 0 Å². The average molecular weight is 422 g/mol. The lowest BCUT2D eigenvalue weighted by molar-refractivity contribution is -0.472. The number of rotatable bonds is 7. The van der Waals surface area contributed by atoms with E-state index in [1.807, 2.05) is 0 Å². The van der Waals surface area contributed by atoms with E-state index in [0.717, 1.165) is 34.6 Å². The van der Waals surface area contributed by atoms with Gasteiger partial charge in [-0.15, -0.1) is 4.89 Å². The third-order valence-electron chi connectivity index (χ3n) is 3.34. The molecule has 0 saturated carbocycles. The maximum atomic E-state index is 11.6. The predicted octanol–water partition coefficient (Wildman–Crippen LogP) is -1.12. The second-order valence-corrected chi connectivity index (χ2v) is 5.92. The highest BCUT2D eigenvalue weighted by atomic mass is 17.2. The van der Waals surface area contributed by atoms with Crippen molar-refractivity contribution in [1.82, 2.24) is 0 Å². The van der Waals surface area contributed by atoms with Crippen molar-refractivity contribution >= 4 is 29.8 Å². The molecule has 1 rings (SSSR count). The first-order valence-electron chi connectivity index (χ1n) is 8.26. The summed E-state index contributed by atoms with van der Waals surface area (Å²) in [6, 6.07) is 0. The van der Waals surface area contributed by atoms with Gasteiger partial charge in [-0.05, 0) is 0 Å². The summed E-state index contributed by atoms with van der Waals surface area (Å²) in [4.78, 5) is 65.9. The van der Waals surface area contributed by atoms with Gasteiger partial charge in [0.05, 0.1) is 0 Å². The van der Waals surface area contributed by atoms with Crippen LogP contribution >= 0.6 is 0 Å². The van der Waals surface area contributed by atoms with Crippen molar-refractivity contribution < 1.29 is 62.5 Å². The Morgan fingerprint density at radius 2 is 1.38 bits per heavy atom. The molecule has 1 heterocycles. The Bertz CT molecular complexity index is 659. The molecule has 1 fully saturated rings. The summed E-state index contributed by atoms with van der Waals surface area (Å²) in [5, 5.41) is 11.0. The molecule has 0 aromatic carbocycles. The summed E-state index contributed by atoms with van der Waals surface area (Å²) in [6.07, 6.45) is -7.04. The normalized spacial score (nSPS) is 28.6. The van der Waals surface area contributed by atoms with E-state index in [4.69, 9.17) is 28.6 Å². The van der Waals surface area contributed by atoms with E-state index in [2.05, 4.69) is 4.89 Å². The maximum Gasteiger partial charge on any atom is 0.339 e. The number of carbonyl (C=O) groups is 5. The molecule has 1 aliphatic rings. The van der Waals surface area contributed by atoms with Gasteiger partial charge in [-0.2, -0.15) is 0 Å². The molecule has 0 aliphatic carbocycles. The quantitative estimate of drug-likeness (QED) is 0.172. The molecule has 1 aliphatic heterocycles. The molecule has 1 saturated heterocycles. The number of ether oxygens (including phenoxy) is 5. The molecular weight excluding hydrogens is 400 g/mol. The smallest absolute Gasteiger partial charge is 0.339 e. The largest absolute Gasteiger partial charge is 0.463 e. The summed E-state index contributed by atoms with van der Waals surface area (Å²) in [6.45, 7) is 4.28. The van der Waals surface area contributed by atoms with Crippen LogP contribution in [0.4, 0.5) is 0 Å². The zero-order chi connectivity index (χ0) is 22.4. The van der Waals surface area contributed by atoms with Gasteiger partial charge in [0.25, 0.3) is 5.79 Å². The molecule has 1 N–H and O–H groups in total. The highest BCUT2D eigenvalue weighted by Gasteiger charge is 2.63. The first-order chi connectivity index (χ1) is 13.4. The Kier molecular flexibility index (Phi) is 8.48. The lowest BCUT2D eigenvalue weighted by Gasteiger charge is -2.47. The summed E-state index contributed by atoms with van der Waals surface area (Å²) in [5.41, 5.74) is 0. The Balaban J connectivity index is 3.43. The first kappa shape index (κ1) is 24.3. The van der Waals surface area contributed by atoms with Gasteiger partial charge < -0.3 is 28.8 Å². The van der Waals surface area contributed by atoms with Crippen LogP contribution in [0.3, 0.4) is 0 Å². The van der Waals surface area contributed by atoms with Crippen LogP contribution in [-0.2, 0) is 57.4 Å². The van der Waals surface area contributed by atoms with Crippen LogP contribution in [0.15, 0.2) is 0 Å². The van der Waals surface area contributed by atoms with Gasteiger partial charge in [0, 0.05) is 34.6 Å².